The minimum atomic E-state index is 0.198. The summed E-state index contributed by atoms with van der Waals surface area (Å²) in [6, 6.07) is 0.305. The van der Waals surface area contributed by atoms with Crippen molar-refractivity contribution in [2.75, 3.05) is 6.54 Å². The topological polar surface area (TPSA) is 55.1 Å². The van der Waals surface area contributed by atoms with Crippen LogP contribution in [0, 0.1) is 23.7 Å². The molecule has 3 N–H and O–H groups in total. The van der Waals surface area contributed by atoms with Gasteiger partial charge >= 0.3 is 0 Å². The van der Waals surface area contributed by atoms with Gasteiger partial charge in [-0.15, -0.1) is 0 Å². The van der Waals surface area contributed by atoms with Crippen LogP contribution in [0.25, 0.3) is 0 Å². The van der Waals surface area contributed by atoms with Gasteiger partial charge in [0.25, 0.3) is 0 Å². The summed E-state index contributed by atoms with van der Waals surface area (Å²) in [6.07, 6.45) is 6.86. The van der Waals surface area contributed by atoms with E-state index in [0.717, 1.165) is 31.7 Å². The largest absolute Gasteiger partial charge is 0.356 e. The Bertz CT molecular complexity index is 292. The molecule has 5 atom stereocenters. The zero-order valence-corrected chi connectivity index (χ0v) is 11.8. The summed E-state index contributed by atoms with van der Waals surface area (Å²) in [6.45, 7) is 5.37. The van der Waals surface area contributed by atoms with Gasteiger partial charge in [0, 0.05) is 18.5 Å². The Labute approximate surface area is 111 Å². The average Bonchev–Trinajstić information content (AvgIpc) is 2.72. The maximum absolute atomic E-state index is 12.2. The number of carbonyl (C=O) groups excluding carboxylic acids is 1. The number of nitrogens with two attached hydrogens (primary N) is 1. The van der Waals surface area contributed by atoms with Crippen LogP contribution in [0.1, 0.15) is 52.4 Å². The molecule has 0 aromatic heterocycles. The van der Waals surface area contributed by atoms with Gasteiger partial charge in [-0.2, -0.15) is 0 Å². The van der Waals surface area contributed by atoms with E-state index in [4.69, 9.17) is 5.73 Å². The molecule has 0 spiro atoms. The van der Waals surface area contributed by atoms with Gasteiger partial charge in [-0.1, -0.05) is 20.3 Å². The zero-order valence-electron chi connectivity index (χ0n) is 11.8. The molecule has 2 aliphatic carbocycles. The lowest BCUT2D eigenvalue weighted by molar-refractivity contribution is -0.127. The predicted octanol–water partition coefficient (Wildman–Crippen LogP) is 2.30. The van der Waals surface area contributed by atoms with Gasteiger partial charge in [-0.3, -0.25) is 4.79 Å². The zero-order chi connectivity index (χ0) is 13.1. The number of amides is 1. The summed E-state index contributed by atoms with van der Waals surface area (Å²) in [5, 5.41) is 3.18. The molecule has 2 fully saturated rings. The molecule has 2 saturated carbocycles. The van der Waals surface area contributed by atoms with Crippen molar-refractivity contribution in [3.05, 3.63) is 0 Å². The average molecular weight is 252 g/mol. The highest BCUT2D eigenvalue weighted by Gasteiger charge is 2.31. The molecule has 3 heteroatoms. The number of nitrogens with one attached hydrogen (secondary N) is 1. The van der Waals surface area contributed by atoms with Crippen LogP contribution >= 0.6 is 0 Å². The molecule has 0 aromatic carbocycles. The molecule has 104 valence electrons. The molecule has 0 aromatic rings. The van der Waals surface area contributed by atoms with Crippen molar-refractivity contribution in [2.45, 2.75) is 58.4 Å². The van der Waals surface area contributed by atoms with Gasteiger partial charge < -0.3 is 11.1 Å². The summed E-state index contributed by atoms with van der Waals surface area (Å²) >= 11 is 0. The van der Waals surface area contributed by atoms with Gasteiger partial charge in [0.15, 0.2) is 0 Å². The fourth-order valence-electron chi connectivity index (χ4n) is 3.71. The number of rotatable bonds is 3. The van der Waals surface area contributed by atoms with Crippen molar-refractivity contribution in [3.8, 4) is 0 Å². The van der Waals surface area contributed by atoms with E-state index in [0.29, 0.717) is 17.9 Å². The van der Waals surface area contributed by atoms with E-state index in [2.05, 4.69) is 19.2 Å². The number of hydrogen-bond acceptors (Lipinski definition) is 2. The van der Waals surface area contributed by atoms with Crippen molar-refractivity contribution in [3.63, 3.8) is 0 Å². The minimum absolute atomic E-state index is 0.198. The molecule has 0 heterocycles. The van der Waals surface area contributed by atoms with Crippen molar-refractivity contribution >= 4 is 5.91 Å². The molecule has 0 bridgehead atoms. The summed E-state index contributed by atoms with van der Waals surface area (Å²) in [5.74, 6) is 2.47. The molecule has 18 heavy (non-hydrogen) atoms. The van der Waals surface area contributed by atoms with E-state index in [-0.39, 0.29) is 11.8 Å². The van der Waals surface area contributed by atoms with E-state index in [1.54, 1.807) is 0 Å². The molecule has 0 saturated heterocycles. The second kappa shape index (κ2) is 6.05. The first kappa shape index (κ1) is 13.9. The Hall–Kier alpha value is -0.570. The third kappa shape index (κ3) is 3.47. The lowest BCUT2D eigenvalue weighted by Gasteiger charge is -2.31. The van der Waals surface area contributed by atoms with E-state index < -0.39 is 0 Å². The first-order valence-corrected chi connectivity index (χ1v) is 7.59. The SMILES string of the molecule is CC1CCC(CNC(=O)C2CCC(N)CC2C)C1. The summed E-state index contributed by atoms with van der Waals surface area (Å²) in [7, 11) is 0. The van der Waals surface area contributed by atoms with Crippen LogP contribution in [0.5, 0.6) is 0 Å². The van der Waals surface area contributed by atoms with Gasteiger partial charge in [0.1, 0.15) is 0 Å². The number of carbonyl (C=O) groups is 1. The molecular weight excluding hydrogens is 224 g/mol. The molecule has 5 unspecified atom stereocenters. The Morgan fingerprint density at radius 3 is 2.56 bits per heavy atom. The molecular formula is C15H28N2O. The second-order valence-electron chi connectivity index (χ2n) is 6.69. The van der Waals surface area contributed by atoms with E-state index in [1.165, 1.54) is 19.3 Å². The Morgan fingerprint density at radius 1 is 1.17 bits per heavy atom. The van der Waals surface area contributed by atoms with Crippen molar-refractivity contribution < 1.29 is 4.79 Å². The molecule has 2 aliphatic rings. The van der Waals surface area contributed by atoms with Gasteiger partial charge in [0.05, 0.1) is 0 Å². The predicted molar refractivity (Wildman–Crippen MR) is 74.0 cm³/mol. The van der Waals surface area contributed by atoms with E-state index >= 15 is 0 Å². The standard InChI is InChI=1S/C15H28N2O/c1-10-3-4-12(7-10)9-17-15(18)14-6-5-13(16)8-11(14)2/h10-14H,3-9,16H2,1-2H3,(H,17,18). The summed E-state index contributed by atoms with van der Waals surface area (Å²) < 4.78 is 0. The van der Waals surface area contributed by atoms with Crippen LogP contribution in [-0.2, 0) is 4.79 Å². The van der Waals surface area contributed by atoms with Crippen molar-refractivity contribution in [1.82, 2.24) is 5.32 Å². The smallest absolute Gasteiger partial charge is 0.223 e. The van der Waals surface area contributed by atoms with E-state index in [9.17, 15) is 4.79 Å². The monoisotopic (exact) mass is 252 g/mol. The van der Waals surface area contributed by atoms with Crippen molar-refractivity contribution in [1.29, 1.82) is 0 Å². The molecule has 2 rings (SSSR count). The second-order valence-corrected chi connectivity index (χ2v) is 6.69. The lowest BCUT2D eigenvalue weighted by atomic mass is 9.77. The molecule has 1 amide bonds. The Kier molecular flexibility index (Phi) is 4.66. The van der Waals surface area contributed by atoms with Crippen LogP contribution < -0.4 is 11.1 Å². The quantitative estimate of drug-likeness (QED) is 0.810. The van der Waals surface area contributed by atoms with Gasteiger partial charge in [-0.05, 0) is 49.9 Å². The highest BCUT2D eigenvalue weighted by Crippen LogP contribution is 2.31. The van der Waals surface area contributed by atoms with Crippen LogP contribution in [0.15, 0.2) is 0 Å². The third-order valence-electron chi connectivity index (χ3n) is 4.92. The maximum Gasteiger partial charge on any atom is 0.223 e. The molecule has 0 radical (unpaired) electrons. The Morgan fingerprint density at radius 2 is 1.94 bits per heavy atom. The highest BCUT2D eigenvalue weighted by atomic mass is 16.1. The van der Waals surface area contributed by atoms with Crippen LogP contribution in [-0.4, -0.2) is 18.5 Å². The highest BCUT2D eigenvalue weighted by molar-refractivity contribution is 5.79. The fraction of sp³-hybridized carbons (Fsp3) is 0.933. The third-order valence-corrected chi connectivity index (χ3v) is 4.92. The van der Waals surface area contributed by atoms with Gasteiger partial charge in [-0.25, -0.2) is 0 Å². The minimum Gasteiger partial charge on any atom is -0.356 e. The van der Waals surface area contributed by atoms with Crippen LogP contribution in [0.4, 0.5) is 0 Å². The Balaban J connectivity index is 1.74. The first-order chi connectivity index (χ1) is 8.56. The first-order valence-electron chi connectivity index (χ1n) is 7.59. The summed E-state index contributed by atoms with van der Waals surface area (Å²) in [4.78, 5) is 12.2. The molecule has 0 aliphatic heterocycles. The van der Waals surface area contributed by atoms with Crippen LogP contribution in [0.3, 0.4) is 0 Å². The lowest BCUT2D eigenvalue weighted by Crippen LogP contribution is -2.41. The fourth-order valence-corrected chi connectivity index (χ4v) is 3.71. The van der Waals surface area contributed by atoms with Crippen LogP contribution in [0.2, 0.25) is 0 Å². The van der Waals surface area contributed by atoms with Crippen molar-refractivity contribution in [2.24, 2.45) is 29.4 Å². The normalized spacial score (nSPS) is 40.7. The molecule has 3 nitrogen and oxygen atoms in total. The van der Waals surface area contributed by atoms with Gasteiger partial charge in [0.2, 0.25) is 5.91 Å². The maximum atomic E-state index is 12.2. The van der Waals surface area contributed by atoms with E-state index in [1.807, 2.05) is 0 Å². The summed E-state index contributed by atoms with van der Waals surface area (Å²) in [5.41, 5.74) is 5.94. The number of hydrogen-bond donors (Lipinski definition) is 2.